The van der Waals surface area contributed by atoms with Gasteiger partial charge in [-0.25, -0.2) is 8.78 Å². The highest BCUT2D eigenvalue weighted by molar-refractivity contribution is 5.17. The number of nitrogens with one attached hydrogen (secondary N) is 1. The van der Waals surface area contributed by atoms with E-state index in [1.165, 1.54) is 12.8 Å². The lowest BCUT2D eigenvalue weighted by Crippen LogP contribution is -2.42. The molecule has 6 heteroatoms. The minimum atomic E-state index is -2.54. The molecule has 1 aliphatic heterocycles. The van der Waals surface area contributed by atoms with Crippen LogP contribution in [-0.4, -0.2) is 29.2 Å². The van der Waals surface area contributed by atoms with Gasteiger partial charge in [-0.05, 0) is 44.7 Å². The first-order chi connectivity index (χ1) is 9.59. The first kappa shape index (κ1) is 12.7. The van der Waals surface area contributed by atoms with Crippen molar-refractivity contribution in [2.75, 3.05) is 13.1 Å². The second-order valence-corrected chi connectivity index (χ2v) is 6.60. The second kappa shape index (κ2) is 4.23. The van der Waals surface area contributed by atoms with E-state index in [-0.39, 0.29) is 24.2 Å². The van der Waals surface area contributed by atoms with E-state index >= 15 is 0 Å². The van der Waals surface area contributed by atoms with Crippen LogP contribution < -0.4 is 5.32 Å². The number of nitrogens with zero attached hydrogens (tertiary/aromatic N) is 2. The highest BCUT2D eigenvalue weighted by Gasteiger charge is 2.52. The van der Waals surface area contributed by atoms with Crippen LogP contribution in [0.15, 0.2) is 4.52 Å². The summed E-state index contributed by atoms with van der Waals surface area (Å²) in [5.74, 6) is -0.944. The summed E-state index contributed by atoms with van der Waals surface area (Å²) in [5, 5.41) is 7.53. The highest BCUT2D eigenvalue weighted by atomic mass is 19.3. The van der Waals surface area contributed by atoms with Gasteiger partial charge in [0.2, 0.25) is 11.8 Å². The molecule has 0 bridgehead atoms. The monoisotopic (exact) mass is 283 g/mol. The molecule has 2 heterocycles. The third-order valence-corrected chi connectivity index (χ3v) is 5.18. The molecule has 0 spiro atoms. The second-order valence-electron chi connectivity index (χ2n) is 6.60. The Balaban J connectivity index is 1.57. The normalized spacial score (nSPS) is 29.1. The number of halogens is 2. The predicted molar refractivity (Wildman–Crippen MR) is 67.7 cm³/mol. The summed E-state index contributed by atoms with van der Waals surface area (Å²) in [6.45, 7) is 1.95. The van der Waals surface area contributed by atoms with E-state index in [2.05, 4.69) is 15.5 Å². The lowest BCUT2D eigenvalue weighted by atomic mass is 9.74. The summed E-state index contributed by atoms with van der Waals surface area (Å²) < 4.78 is 31.2. The van der Waals surface area contributed by atoms with E-state index in [0.717, 1.165) is 31.8 Å². The topological polar surface area (TPSA) is 51.0 Å². The quantitative estimate of drug-likeness (QED) is 0.926. The Morgan fingerprint density at radius 1 is 1.15 bits per heavy atom. The van der Waals surface area contributed by atoms with Crippen LogP contribution in [0.25, 0.3) is 0 Å². The molecule has 20 heavy (non-hydrogen) atoms. The third-order valence-electron chi connectivity index (χ3n) is 5.18. The Morgan fingerprint density at radius 3 is 2.45 bits per heavy atom. The first-order valence-electron chi connectivity index (χ1n) is 7.52. The molecule has 1 N–H and O–H groups in total. The molecule has 2 aliphatic carbocycles. The van der Waals surface area contributed by atoms with Crippen LogP contribution in [0.4, 0.5) is 8.78 Å². The van der Waals surface area contributed by atoms with Crippen LogP contribution in [0.3, 0.4) is 0 Å². The molecular formula is C14H19F2N3O. The molecule has 4 rings (SSSR count). The molecule has 1 aromatic heterocycles. The number of alkyl halides is 2. The van der Waals surface area contributed by atoms with E-state index in [0.29, 0.717) is 11.8 Å². The SMILES string of the molecule is FC1(F)CC(c2nc(C3(C4CC4)CCNCC3)no2)C1. The van der Waals surface area contributed by atoms with Crippen molar-refractivity contribution in [1.29, 1.82) is 0 Å². The van der Waals surface area contributed by atoms with Crippen LogP contribution in [-0.2, 0) is 5.41 Å². The highest BCUT2D eigenvalue weighted by Crippen LogP contribution is 2.52. The van der Waals surface area contributed by atoms with Gasteiger partial charge in [0.25, 0.3) is 0 Å². The number of piperidine rings is 1. The number of rotatable bonds is 3. The summed E-state index contributed by atoms with van der Waals surface area (Å²) in [5.41, 5.74) is 0.0270. The van der Waals surface area contributed by atoms with E-state index in [4.69, 9.17) is 4.52 Å². The average Bonchev–Trinajstić information content (AvgIpc) is 3.15. The van der Waals surface area contributed by atoms with Crippen molar-refractivity contribution < 1.29 is 13.3 Å². The van der Waals surface area contributed by atoms with Crippen LogP contribution in [0, 0.1) is 5.92 Å². The Kier molecular flexibility index (Phi) is 2.68. The van der Waals surface area contributed by atoms with Crippen LogP contribution in [0.1, 0.15) is 56.2 Å². The third kappa shape index (κ3) is 1.96. The number of hydrogen-bond donors (Lipinski definition) is 1. The van der Waals surface area contributed by atoms with Crippen LogP contribution in [0.2, 0.25) is 0 Å². The van der Waals surface area contributed by atoms with Crippen molar-refractivity contribution in [2.24, 2.45) is 5.92 Å². The minimum Gasteiger partial charge on any atom is -0.339 e. The van der Waals surface area contributed by atoms with Gasteiger partial charge in [-0.15, -0.1) is 0 Å². The van der Waals surface area contributed by atoms with Gasteiger partial charge >= 0.3 is 0 Å². The van der Waals surface area contributed by atoms with Crippen molar-refractivity contribution in [3.63, 3.8) is 0 Å². The first-order valence-corrected chi connectivity index (χ1v) is 7.52. The maximum absolute atomic E-state index is 13.0. The van der Waals surface area contributed by atoms with Crippen LogP contribution in [0.5, 0.6) is 0 Å². The average molecular weight is 283 g/mol. The van der Waals surface area contributed by atoms with Gasteiger partial charge in [-0.3, -0.25) is 0 Å². The van der Waals surface area contributed by atoms with Crippen molar-refractivity contribution in [2.45, 2.75) is 55.8 Å². The minimum absolute atomic E-state index is 0.0270. The van der Waals surface area contributed by atoms with Crippen LogP contribution >= 0.6 is 0 Å². The zero-order chi connectivity index (χ0) is 13.8. The lowest BCUT2D eigenvalue weighted by Gasteiger charge is -2.35. The zero-order valence-corrected chi connectivity index (χ0v) is 11.4. The summed E-state index contributed by atoms with van der Waals surface area (Å²) in [7, 11) is 0. The molecule has 2 saturated carbocycles. The predicted octanol–water partition coefficient (Wildman–Crippen LogP) is 2.61. The Morgan fingerprint density at radius 2 is 1.85 bits per heavy atom. The van der Waals surface area contributed by atoms with Crippen molar-refractivity contribution >= 4 is 0 Å². The number of aromatic nitrogens is 2. The van der Waals surface area contributed by atoms with E-state index in [9.17, 15) is 8.78 Å². The molecule has 0 atom stereocenters. The molecule has 0 unspecified atom stereocenters. The van der Waals surface area contributed by atoms with Gasteiger partial charge in [-0.2, -0.15) is 4.98 Å². The van der Waals surface area contributed by atoms with E-state index in [1.807, 2.05) is 0 Å². The van der Waals surface area contributed by atoms with Crippen molar-refractivity contribution in [1.82, 2.24) is 15.5 Å². The van der Waals surface area contributed by atoms with Gasteiger partial charge in [-0.1, -0.05) is 5.16 Å². The molecule has 1 aromatic rings. The lowest BCUT2D eigenvalue weighted by molar-refractivity contribution is -0.0925. The standard InChI is InChI=1S/C14H19F2N3O/c15-14(16)7-9(8-14)11-18-12(19-20-11)13(10-1-2-10)3-5-17-6-4-13/h9-10,17H,1-8H2. The Hall–Kier alpha value is -1.04. The van der Waals surface area contributed by atoms with E-state index < -0.39 is 5.92 Å². The molecule has 0 amide bonds. The van der Waals surface area contributed by atoms with Gasteiger partial charge in [0, 0.05) is 24.2 Å². The summed E-state index contributed by atoms with van der Waals surface area (Å²) in [4.78, 5) is 4.52. The van der Waals surface area contributed by atoms with Gasteiger partial charge in [0.15, 0.2) is 5.82 Å². The fraction of sp³-hybridized carbons (Fsp3) is 0.857. The molecule has 3 aliphatic rings. The summed E-state index contributed by atoms with van der Waals surface area (Å²) in [6, 6.07) is 0. The molecule has 3 fully saturated rings. The summed E-state index contributed by atoms with van der Waals surface area (Å²) in [6.07, 6.45) is 4.21. The fourth-order valence-electron chi connectivity index (χ4n) is 3.76. The smallest absolute Gasteiger partial charge is 0.249 e. The van der Waals surface area contributed by atoms with Gasteiger partial charge in [0.05, 0.1) is 0 Å². The van der Waals surface area contributed by atoms with Gasteiger partial charge in [0.1, 0.15) is 0 Å². The zero-order valence-electron chi connectivity index (χ0n) is 11.4. The van der Waals surface area contributed by atoms with E-state index in [1.54, 1.807) is 0 Å². The Bertz CT molecular complexity index is 498. The Labute approximate surface area is 116 Å². The maximum Gasteiger partial charge on any atom is 0.249 e. The van der Waals surface area contributed by atoms with Gasteiger partial charge < -0.3 is 9.84 Å². The number of hydrogen-bond acceptors (Lipinski definition) is 4. The maximum atomic E-state index is 13.0. The fourth-order valence-corrected chi connectivity index (χ4v) is 3.76. The largest absolute Gasteiger partial charge is 0.339 e. The molecule has 0 radical (unpaired) electrons. The summed E-state index contributed by atoms with van der Waals surface area (Å²) >= 11 is 0. The molecule has 110 valence electrons. The van der Waals surface area contributed by atoms with Crippen molar-refractivity contribution in [3.8, 4) is 0 Å². The molecule has 0 aromatic carbocycles. The molecular weight excluding hydrogens is 264 g/mol. The molecule has 4 nitrogen and oxygen atoms in total. The molecule has 1 saturated heterocycles. The van der Waals surface area contributed by atoms with Crippen molar-refractivity contribution in [3.05, 3.63) is 11.7 Å².